The fourth-order valence-electron chi connectivity index (χ4n) is 4.31. The minimum absolute atomic E-state index is 0.202. The van der Waals surface area contributed by atoms with E-state index in [1.807, 2.05) is 24.3 Å². The molecule has 1 aliphatic heterocycles. The summed E-state index contributed by atoms with van der Waals surface area (Å²) in [5, 5.41) is 1.20. The first-order chi connectivity index (χ1) is 14.4. The minimum Gasteiger partial charge on any atom is -0.497 e. The quantitative estimate of drug-likeness (QED) is 0.667. The van der Waals surface area contributed by atoms with Crippen LogP contribution in [0.5, 0.6) is 5.75 Å². The van der Waals surface area contributed by atoms with E-state index >= 15 is 0 Å². The number of carbonyl (C=O) groups excluding carboxylic acids is 2. The van der Waals surface area contributed by atoms with Gasteiger partial charge < -0.3 is 19.4 Å². The average molecular weight is 406 g/mol. The zero-order chi connectivity index (χ0) is 21.4. The molecule has 2 unspecified atom stereocenters. The van der Waals surface area contributed by atoms with Crippen LogP contribution >= 0.6 is 0 Å². The normalized spacial score (nSPS) is 16.8. The predicted molar refractivity (Wildman–Crippen MR) is 115 cm³/mol. The van der Waals surface area contributed by atoms with Gasteiger partial charge in [0, 0.05) is 30.1 Å². The Labute approximate surface area is 175 Å². The van der Waals surface area contributed by atoms with E-state index in [1.54, 1.807) is 18.9 Å². The smallest absolute Gasteiger partial charge is 0.303 e. The lowest BCUT2D eigenvalue weighted by atomic mass is 9.91. The lowest BCUT2D eigenvalue weighted by molar-refractivity contribution is -0.158. The number of methoxy groups -OCH3 is 1. The Balaban J connectivity index is 1.82. The number of nitrogens with zero attached hydrogens (tertiary/aromatic N) is 1. The molecule has 1 N–H and O–H groups in total. The molecule has 0 aliphatic carbocycles. The van der Waals surface area contributed by atoms with Gasteiger partial charge in [-0.25, -0.2) is 0 Å². The Bertz CT molecular complexity index is 1100. The standard InChI is InChI=1S/C24H26N2O4/c1-14-5-10-21-20(13-14)19-11-12-26(24(28)15(2)30-16(3)27)23(22(19)25-21)17-6-8-18(29-4)9-7-17/h5-10,13,15,23,25H,11-12H2,1-4H3. The molecule has 2 heterocycles. The zero-order valence-electron chi connectivity index (χ0n) is 17.7. The summed E-state index contributed by atoms with van der Waals surface area (Å²) in [5.74, 6) is 0.0929. The molecule has 1 amide bonds. The van der Waals surface area contributed by atoms with Crippen LogP contribution in [0.1, 0.15) is 42.3 Å². The molecule has 3 aromatic rings. The molecule has 156 valence electrons. The Morgan fingerprint density at radius 1 is 1.17 bits per heavy atom. The van der Waals surface area contributed by atoms with Gasteiger partial charge in [0.1, 0.15) is 5.75 Å². The van der Waals surface area contributed by atoms with Crippen LogP contribution in [0.2, 0.25) is 0 Å². The molecule has 0 radical (unpaired) electrons. The third-order valence-electron chi connectivity index (χ3n) is 5.69. The highest BCUT2D eigenvalue weighted by Crippen LogP contribution is 2.39. The largest absolute Gasteiger partial charge is 0.497 e. The van der Waals surface area contributed by atoms with Crippen molar-refractivity contribution in [2.45, 2.75) is 39.3 Å². The monoisotopic (exact) mass is 406 g/mol. The van der Waals surface area contributed by atoms with Gasteiger partial charge in [-0.2, -0.15) is 0 Å². The number of aromatic amines is 1. The van der Waals surface area contributed by atoms with Crippen LogP contribution in [-0.2, 0) is 20.7 Å². The van der Waals surface area contributed by atoms with Crippen molar-refractivity contribution in [3.05, 3.63) is 64.8 Å². The van der Waals surface area contributed by atoms with Gasteiger partial charge >= 0.3 is 5.97 Å². The van der Waals surface area contributed by atoms with Crippen molar-refractivity contribution in [1.29, 1.82) is 0 Å². The summed E-state index contributed by atoms with van der Waals surface area (Å²) < 4.78 is 10.5. The average Bonchev–Trinajstić information content (AvgIpc) is 3.10. The number of fused-ring (bicyclic) bond motifs is 3. The number of hydrogen-bond acceptors (Lipinski definition) is 4. The molecule has 2 atom stereocenters. The van der Waals surface area contributed by atoms with Crippen LogP contribution in [0.4, 0.5) is 0 Å². The molecule has 6 heteroatoms. The van der Waals surface area contributed by atoms with Gasteiger partial charge in [-0.15, -0.1) is 0 Å². The van der Waals surface area contributed by atoms with Crippen LogP contribution in [0.3, 0.4) is 0 Å². The second-order valence-corrected chi connectivity index (χ2v) is 7.78. The van der Waals surface area contributed by atoms with Crippen LogP contribution in [0.25, 0.3) is 10.9 Å². The van der Waals surface area contributed by atoms with Crippen molar-refractivity contribution >= 4 is 22.8 Å². The molecular formula is C24H26N2O4. The van der Waals surface area contributed by atoms with Crippen LogP contribution in [0, 0.1) is 6.92 Å². The number of aromatic nitrogens is 1. The Morgan fingerprint density at radius 3 is 2.57 bits per heavy atom. The number of ether oxygens (including phenoxy) is 2. The zero-order valence-corrected chi connectivity index (χ0v) is 17.7. The third kappa shape index (κ3) is 3.54. The summed E-state index contributed by atoms with van der Waals surface area (Å²) in [4.78, 5) is 30.0. The fourth-order valence-corrected chi connectivity index (χ4v) is 4.31. The second kappa shape index (κ2) is 7.86. The van der Waals surface area contributed by atoms with Gasteiger partial charge in [0.15, 0.2) is 6.10 Å². The number of hydrogen-bond donors (Lipinski definition) is 1. The first kappa shape index (κ1) is 20.0. The van der Waals surface area contributed by atoms with Crippen LogP contribution in [0.15, 0.2) is 42.5 Å². The molecular weight excluding hydrogens is 380 g/mol. The number of aryl methyl sites for hydroxylation is 1. The molecule has 6 nitrogen and oxygen atoms in total. The van der Waals surface area contributed by atoms with Crippen molar-refractivity contribution in [2.24, 2.45) is 0 Å². The number of amides is 1. The number of nitrogens with one attached hydrogen (secondary N) is 1. The van der Waals surface area contributed by atoms with Crippen molar-refractivity contribution in [2.75, 3.05) is 13.7 Å². The number of carbonyl (C=O) groups is 2. The topological polar surface area (TPSA) is 71.6 Å². The summed E-state index contributed by atoms with van der Waals surface area (Å²) >= 11 is 0. The summed E-state index contributed by atoms with van der Waals surface area (Å²) in [5.41, 5.74) is 5.48. The van der Waals surface area contributed by atoms with E-state index in [0.717, 1.165) is 28.9 Å². The first-order valence-corrected chi connectivity index (χ1v) is 10.1. The van der Waals surface area contributed by atoms with Gasteiger partial charge in [-0.05, 0) is 55.7 Å². The number of benzene rings is 2. The highest BCUT2D eigenvalue weighted by molar-refractivity contribution is 5.88. The maximum atomic E-state index is 13.2. The highest BCUT2D eigenvalue weighted by Gasteiger charge is 2.37. The minimum atomic E-state index is -0.837. The van der Waals surface area contributed by atoms with E-state index < -0.39 is 12.1 Å². The fraction of sp³-hybridized carbons (Fsp3) is 0.333. The van der Waals surface area contributed by atoms with E-state index in [9.17, 15) is 9.59 Å². The second-order valence-electron chi connectivity index (χ2n) is 7.78. The Hall–Kier alpha value is -3.28. The molecule has 0 fully saturated rings. The molecule has 1 aromatic heterocycles. The molecule has 0 saturated heterocycles. The van der Waals surface area contributed by atoms with E-state index in [4.69, 9.17) is 9.47 Å². The van der Waals surface area contributed by atoms with E-state index in [2.05, 4.69) is 30.1 Å². The van der Waals surface area contributed by atoms with Crippen LogP contribution < -0.4 is 4.74 Å². The van der Waals surface area contributed by atoms with E-state index in [1.165, 1.54) is 23.4 Å². The van der Waals surface area contributed by atoms with Gasteiger partial charge in [0.05, 0.1) is 13.2 Å². The van der Waals surface area contributed by atoms with Crippen molar-refractivity contribution in [3.8, 4) is 5.75 Å². The van der Waals surface area contributed by atoms with Crippen molar-refractivity contribution in [3.63, 3.8) is 0 Å². The molecule has 0 spiro atoms. The number of rotatable bonds is 4. The first-order valence-electron chi connectivity index (χ1n) is 10.1. The molecule has 30 heavy (non-hydrogen) atoms. The van der Waals surface area contributed by atoms with Gasteiger partial charge in [0.2, 0.25) is 0 Å². The highest BCUT2D eigenvalue weighted by atomic mass is 16.5. The molecule has 0 saturated carbocycles. The van der Waals surface area contributed by atoms with Crippen molar-refractivity contribution in [1.82, 2.24) is 9.88 Å². The van der Waals surface area contributed by atoms with Gasteiger partial charge in [0.25, 0.3) is 5.91 Å². The Morgan fingerprint density at radius 2 is 1.90 bits per heavy atom. The van der Waals surface area contributed by atoms with Crippen molar-refractivity contribution < 1.29 is 19.1 Å². The predicted octanol–water partition coefficient (Wildman–Crippen LogP) is 3.91. The third-order valence-corrected chi connectivity index (χ3v) is 5.69. The lowest BCUT2D eigenvalue weighted by Crippen LogP contribution is -2.45. The SMILES string of the molecule is COc1ccc(C2c3[nH]c4ccc(C)cc4c3CCN2C(=O)C(C)OC(C)=O)cc1. The summed E-state index contributed by atoms with van der Waals surface area (Å²) in [6, 6.07) is 13.8. The molecule has 1 aliphatic rings. The summed E-state index contributed by atoms with van der Waals surface area (Å²) in [7, 11) is 1.63. The molecule has 4 rings (SSSR count). The molecule has 0 bridgehead atoms. The van der Waals surface area contributed by atoms with Gasteiger partial charge in [-0.3, -0.25) is 9.59 Å². The van der Waals surface area contributed by atoms with Gasteiger partial charge in [-0.1, -0.05) is 23.8 Å². The Kier molecular flexibility index (Phi) is 5.24. The maximum absolute atomic E-state index is 13.2. The van der Waals surface area contributed by atoms with Crippen LogP contribution in [-0.4, -0.2) is 41.5 Å². The number of H-pyrrole nitrogens is 1. The lowest BCUT2D eigenvalue weighted by Gasteiger charge is -2.37. The summed E-state index contributed by atoms with van der Waals surface area (Å²) in [6.45, 7) is 5.58. The maximum Gasteiger partial charge on any atom is 0.303 e. The summed E-state index contributed by atoms with van der Waals surface area (Å²) in [6.07, 6.45) is -0.0966. The van der Waals surface area contributed by atoms with E-state index in [-0.39, 0.29) is 11.9 Å². The molecule has 2 aromatic carbocycles. The van der Waals surface area contributed by atoms with E-state index in [0.29, 0.717) is 6.54 Å². The number of esters is 1.